The summed E-state index contributed by atoms with van der Waals surface area (Å²) >= 11 is 6.41. The van der Waals surface area contributed by atoms with Crippen molar-refractivity contribution in [1.82, 2.24) is 18.9 Å². The van der Waals surface area contributed by atoms with E-state index in [1.54, 1.807) is 16.8 Å². The molecule has 1 fully saturated rings. The summed E-state index contributed by atoms with van der Waals surface area (Å²) in [6.45, 7) is 0.809. The molecule has 0 radical (unpaired) electrons. The van der Waals surface area contributed by atoms with Crippen LogP contribution in [0.1, 0.15) is 18.4 Å². The highest BCUT2D eigenvalue weighted by atomic mass is 35.5. The first kappa shape index (κ1) is 26.5. The topological polar surface area (TPSA) is 79.6 Å². The molecule has 5 rings (SSSR count). The first-order valence-electron chi connectivity index (χ1n) is 12.1. The van der Waals surface area contributed by atoms with E-state index < -0.39 is 26.7 Å². The molecule has 3 heterocycles. The SMILES string of the molecule is Bc1cnn2c(NCC3CCN(S(=O)(=O)c4ccccc4C(F)(F)F)CC3)cc(-c3ccccc3Cl)nc12. The lowest BCUT2D eigenvalue weighted by molar-refractivity contribution is -0.139. The van der Waals surface area contributed by atoms with Gasteiger partial charge in [-0.15, -0.1) is 0 Å². The average Bonchev–Trinajstić information content (AvgIpc) is 3.28. The summed E-state index contributed by atoms with van der Waals surface area (Å²) in [4.78, 5) is 4.03. The number of rotatable bonds is 6. The van der Waals surface area contributed by atoms with Crippen LogP contribution in [0.4, 0.5) is 19.0 Å². The van der Waals surface area contributed by atoms with Gasteiger partial charge in [-0.25, -0.2) is 13.4 Å². The Hall–Kier alpha value is -3.09. The molecule has 4 aromatic rings. The molecular weight excluding hydrogens is 538 g/mol. The number of sulfonamides is 1. The molecule has 0 amide bonds. The predicted octanol–water partition coefficient (Wildman–Crippen LogP) is 3.84. The lowest BCUT2D eigenvalue weighted by atomic mass is 9.98. The molecule has 38 heavy (non-hydrogen) atoms. The van der Waals surface area contributed by atoms with Crippen LogP contribution in [-0.4, -0.2) is 54.8 Å². The molecule has 1 saturated heterocycles. The fourth-order valence-electron chi connectivity index (χ4n) is 4.67. The minimum Gasteiger partial charge on any atom is -0.370 e. The lowest BCUT2D eigenvalue weighted by Crippen LogP contribution is -2.40. The van der Waals surface area contributed by atoms with Crippen molar-refractivity contribution in [3.63, 3.8) is 0 Å². The van der Waals surface area contributed by atoms with Crippen LogP contribution < -0.4 is 10.8 Å². The molecule has 2 aromatic carbocycles. The molecule has 2 aromatic heterocycles. The van der Waals surface area contributed by atoms with Gasteiger partial charge in [0.05, 0.1) is 16.2 Å². The van der Waals surface area contributed by atoms with Crippen molar-refractivity contribution >= 4 is 46.4 Å². The molecule has 0 bridgehead atoms. The molecule has 0 atom stereocenters. The molecule has 1 N–H and O–H groups in total. The Kier molecular flexibility index (Phi) is 7.14. The minimum absolute atomic E-state index is 0.114. The Labute approximate surface area is 224 Å². The Bertz CT molecular complexity index is 1590. The number of halogens is 4. The Morgan fingerprint density at radius 3 is 2.47 bits per heavy atom. The number of hydrogen-bond acceptors (Lipinski definition) is 5. The number of piperidine rings is 1. The van der Waals surface area contributed by atoms with E-state index in [1.165, 1.54) is 12.1 Å². The third kappa shape index (κ3) is 5.12. The third-order valence-electron chi connectivity index (χ3n) is 6.75. The first-order valence-corrected chi connectivity index (χ1v) is 13.9. The second-order valence-corrected chi connectivity index (χ2v) is 11.6. The van der Waals surface area contributed by atoms with Crippen LogP contribution in [0.15, 0.2) is 65.7 Å². The quantitative estimate of drug-likeness (QED) is 0.362. The van der Waals surface area contributed by atoms with Crippen molar-refractivity contribution in [2.75, 3.05) is 25.0 Å². The second kappa shape index (κ2) is 10.2. The summed E-state index contributed by atoms with van der Waals surface area (Å²) in [5, 5.41) is 8.42. The number of aromatic nitrogens is 3. The Balaban J connectivity index is 1.31. The molecular formula is C25H24BClF3N5O2S. The highest BCUT2D eigenvalue weighted by Gasteiger charge is 2.39. The van der Waals surface area contributed by atoms with E-state index in [0.29, 0.717) is 41.6 Å². The maximum atomic E-state index is 13.4. The number of hydrogen-bond donors (Lipinski definition) is 1. The number of nitrogens with one attached hydrogen (secondary N) is 1. The van der Waals surface area contributed by atoms with Gasteiger partial charge < -0.3 is 5.32 Å². The van der Waals surface area contributed by atoms with E-state index >= 15 is 0 Å². The van der Waals surface area contributed by atoms with Crippen molar-refractivity contribution in [3.8, 4) is 11.3 Å². The number of fused-ring (bicyclic) bond motifs is 1. The minimum atomic E-state index is -4.75. The van der Waals surface area contributed by atoms with Gasteiger partial charge >= 0.3 is 6.18 Å². The fraction of sp³-hybridized carbons (Fsp3) is 0.280. The van der Waals surface area contributed by atoms with Gasteiger partial charge in [-0.1, -0.05) is 41.9 Å². The van der Waals surface area contributed by atoms with Crippen molar-refractivity contribution < 1.29 is 21.6 Å². The standard InChI is InChI=1S/C25H24BClF3N5O2S/c26-19-15-32-35-23(13-21(33-24(19)35)17-5-1-3-7-20(17)27)31-14-16-9-11-34(12-10-16)38(36,37)22-8-4-2-6-18(22)25(28,29)30/h1-8,13,15-16,31H,9-12,14,26H2. The highest BCUT2D eigenvalue weighted by molar-refractivity contribution is 7.89. The third-order valence-corrected chi connectivity index (χ3v) is 9.04. The number of alkyl halides is 3. The normalized spacial score (nSPS) is 15.7. The maximum absolute atomic E-state index is 13.4. The lowest BCUT2D eigenvalue weighted by Gasteiger charge is -2.32. The molecule has 0 spiro atoms. The van der Waals surface area contributed by atoms with Gasteiger partial charge in [0.25, 0.3) is 0 Å². The van der Waals surface area contributed by atoms with Crippen molar-refractivity contribution in [2.45, 2.75) is 23.9 Å². The van der Waals surface area contributed by atoms with Crippen molar-refractivity contribution in [2.24, 2.45) is 5.92 Å². The Morgan fingerprint density at radius 1 is 1.08 bits per heavy atom. The van der Waals surface area contributed by atoms with Crippen LogP contribution in [-0.2, 0) is 16.2 Å². The largest absolute Gasteiger partial charge is 0.417 e. The van der Waals surface area contributed by atoms with E-state index in [2.05, 4.69) is 10.4 Å². The summed E-state index contributed by atoms with van der Waals surface area (Å²) in [5.41, 5.74) is 1.93. The van der Waals surface area contributed by atoms with Crippen molar-refractivity contribution in [3.05, 3.63) is 71.4 Å². The number of nitrogens with zero attached hydrogens (tertiary/aromatic N) is 4. The predicted molar refractivity (Wildman–Crippen MR) is 143 cm³/mol. The van der Waals surface area contributed by atoms with E-state index in [9.17, 15) is 21.6 Å². The monoisotopic (exact) mass is 561 g/mol. The average molecular weight is 562 g/mol. The molecule has 198 valence electrons. The molecule has 1 aliphatic rings. The van der Waals surface area contributed by atoms with Gasteiger partial charge in [0.15, 0.2) is 5.65 Å². The van der Waals surface area contributed by atoms with Gasteiger partial charge in [-0.3, -0.25) is 0 Å². The highest BCUT2D eigenvalue weighted by Crippen LogP contribution is 2.36. The fourth-order valence-corrected chi connectivity index (χ4v) is 6.59. The number of benzene rings is 2. The van der Waals surface area contributed by atoms with Gasteiger partial charge in [0.2, 0.25) is 10.0 Å². The van der Waals surface area contributed by atoms with E-state index in [4.69, 9.17) is 16.6 Å². The van der Waals surface area contributed by atoms with Gasteiger partial charge in [0.1, 0.15) is 13.7 Å². The molecule has 0 aliphatic carbocycles. The Morgan fingerprint density at radius 2 is 1.76 bits per heavy atom. The van der Waals surface area contributed by atoms with Crippen LogP contribution in [0, 0.1) is 5.92 Å². The molecule has 0 unspecified atom stereocenters. The van der Waals surface area contributed by atoms with E-state index in [-0.39, 0.29) is 19.0 Å². The number of anilines is 1. The maximum Gasteiger partial charge on any atom is 0.417 e. The van der Waals surface area contributed by atoms with Gasteiger partial charge in [-0.05, 0) is 42.4 Å². The smallest absolute Gasteiger partial charge is 0.370 e. The summed E-state index contributed by atoms with van der Waals surface area (Å²) in [5.74, 6) is 0.829. The van der Waals surface area contributed by atoms with Crippen LogP contribution in [0.3, 0.4) is 0 Å². The van der Waals surface area contributed by atoms with Gasteiger partial charge in [-0.2, -0.15) is 27.1 Å². The summed E-state index contributed by atoms with van der Waals surface area (Å²) in [7, 11) is -2.36. The second-order valence-electron chi connectivity index (χ2n) is 9.29. The van der Waals surface area contributed by atoms with Crippen molar-refractivity contribution in [1.29, 1.82) is 0 Å². The van der Waals surface area contributed by atoms with Crippen LogP contribution in [0.2, 0.25) is 5.02 Å². The van der Waals surface area contributed by atoms with Crippen LogP contribution in [0.5, 0.6) is 0 Å². The zero-order valence-corrected chi connectivity index (χ0v) is 22.0. The van der Waals surface area contributed by atoms with Crippen LogP contribution >= 0.6 is 11.6 Å². The summed E-state index contributed by atoms with van der Waals surface area (Å²) in [6.07, 6.45) is -2.02. The van der Waals surface area contributed by atoms with Gasteiger partial charge in [0, 0.05) is 42.5 Å². The van der Waals surface area contributed by atoms with E-state index in [1.807, 2.05) is 32.1 Å². The zero-order valence-electron chi connectivity index (χ0n) is 20.4. The molecule has 13 heteroatoms. The zero-order chi connectivity index (χ0) is 27.1. The van der Waals surface area contributed by atoms with E-state index in [0.717, 1.165) is 27.5 Å². The summed E-state index contributed by atoms with van der Waals surface area (Å²) in [6, 6.07) is 13.6. The van der Waals surface area contributed by atoms with Crippen LogP contribution in [0.25, 0.3) is 16.9 Å². The first-order chi connectivity index (χ1) is 18.1. The summed E-state index contributed by atoms with van der Waals surface area (Å²) < 4.78 is 69.3. The molecule has 7 nitrogen and oxygen atoms in total. The molecule has 0 saturated carbocycles. The molecule has 1 aliphatic heterocycles.